The number of carbonyl (C=O) groups excluding carboxylic acids is 2. The van der Waals surface area contributed by atoms with Gasteiger partial charge in [0.2, 0.25) is 11.9 Å². The topological polar surface area (TPSA) is 108 Å². The van der Waals surface area contributed by atoms with Crippen molar-refractivity contribution in [1.82, 2.24) is 20.2 Å². The van der Waals surface area contributed by atoms with Crippen LogP contribution in [0.1, 0.15) is 59.4 Å². The van der Waals surface area contributed by atoms with Crippen molar-refractivity contribution in [2.45, 2.75) is 71.6 Å². The first kappa shape index (κ1) is 28.7. The lowest BCUT2D eigenvalue weighted by molar-refractivity contribution is -0.126. The fourth-order valence-corrected chi connectivity index (χ4v) is 3.63. The predicted molar refractivity (Wildman–Crippen MR) is 145 cm³/mol. The summed E-state index contributed by atoms with van der Waals surface area (Å²) < 4.78 is 18.8. The molecule has 0 saturated heterocycles. The van der Waals surface area contributed by atoms with Crippen molar-refractivity contribution in [3.63, 3.8) is 0 Å². The van der Waals surface area contributed by atoms with Gasteiger partial charge in [-0.05, 0) is 65.2 Å². The van der Waals surface area contributed by atoms with Gasteiger partial charge in [0.05, 0.1) is 11.8 Å². The molecule has 1 aromatic heterocycles. The molecule has 1 aromatic carbocycles. The van der Waals surface area contributed by atoms with E-state index in [0.717, 1.165) is 25.8 Å². The summed E-state index contributed by atoms with van der Waals surface area (Å²) in [4.78, 5) is 35.0. The van der Waals surface area contributed by atoms with E-state index in [0.29, 0.717) is 23.0 Å². The Bertz CT molecular complexity index is 1200. The van der Waals surface area contributed by atoms with Gasteiger partial charge in [-0.2, -0.15) is 4.98 Å². The fourth-order valence-electron chi connectivity index (χ4n) is 3.63. The third-order valence-electron chi connectivity index (χ3n) is 5.95. The second-order valence-corrected chi connectivity index (χ2v) is 10.4. The number of rotatable bonds is 8. The number of nitrogens with one attached hydrogen (secondary N) is 3. The Morgan fingerprint density at radius 1 is 1.29 bits per heavy atom. The number of likely N-dealkylation sites (N-methyl/N-ethyl adjacent to an activating group) is 1. The summed E-state index contributed by atoms with van der Waals surface area (Å²) in [6, 6.07) is 5.45. The third kappa shape index (κ3) is 8.33. The lowest BCUT2D eigenvalue weighted by Crippen LogP contribution is -2.52. The molecule has 0 radical (unpaired) electrons. The Morgan fingerprint density at radius 2 is 2.03 bits per heavy atom. The number of hydrogen-bond donors (Lipinski definition) is 3. The van der Waals surface area contributed by atoms with Crippen molar-refractivity contribution in [2.24, 2.45) is 5.92 Å². The van der Waals surface area contributed by atoms with Crippen LogP contribution >= 0.6 is 0 Å². The predicted octanol–water partition coefficient (Wildman–Crippen LogP) is 4.68. The minimum absolute atomic E-state index is 0.00284. The van der Waals surface area contributed by atoms with E-state index in [1.54, 1.807) is 53.1 Å². The molecule has 3 rings (SSSR count). The first-order valence-electron chi connectivity index (χ1n) is 12.9. The molecular weight excluding hydrogens is 487 g/mol. The molecule has 1 saturated carbocycles. The molecule has 1 atom stereocenters. The van der Waals surface area contributed by atoms with Gasteiger partial charge in [0.15, 0.2) is 0 Å². The molecule has 3 N–H and O–H groups in total. The minimum atomic E-state index is -0.654. The SMILES string of the molecule is CCCNc1nc(Nc2cccc(F)c2)ncc1C#CC1CC(NC(=O)[C@H](C)N(C)C(=O)OC(C)(C)C)C1. The molecule has 0 unspecified atom stereocenters. The molecule has 0 spiro atoms. The Morgan fingerprint density at radius 3 is 2.68 bits per heavy atom. The van der Waals surface area contributed by atoms with Gasteiger partial charge in [-0.15, -0.1) is 0 Å². The maximum absolute atomic E-state index is 13.5. The number of ether oxygens (including phenoxy) is 1. The molecule has 1 fully saturated rings. The first-order valence-corrected chi connectivity index (χ1v) is 12.9. The molecule has 2 aromatic rings. The van der Waals surface area contributed by atoms with E-state index in [2.05, 4.69) is 44.7 Å². The van der Waals surface area contributed by atoms with E-state index in [-0.39, 0.29) is 23.7 Å². The molecule has 38 heavy (non-hydrogen) atoms. The zero-order valence-electron chi connectivity index (χ0n) is 22.9. The fraction of sp³-hybridized carbons (Fsp3) is 0.500. The number of amides is 2. The van der Waals surface area contributed by atoms with E-state index < -0.39 is 17.7 Å². The Hall–Kier alpha value is -3.87. The third-order valence-corrected chi connectivity index (χ3v) is 5.95. The van der Waals surface area contributed by atoms with Crippen LogP contribution in [0.5, 0.6) is 0 Å². The average Bonchev–Trinajstić information content (AvgIpc) is 2.82. The van der Waals surface area contributed by atoms with Crippen LogP contribution in [0.15, 0.2) is 30.5 Å². The van der Waals surface area contributed by atoms with Gasteiger partial charge in [0, 0.05) is 31.2 Å². The monoisotopic (exact) mass is 524 g/mol. The molecule has 1 aliphatic carbocycles. The lowest BCUT2D eigenvalue weighted by Gasteiger charge is -2.34. The largest absolute Gasteiger partial charge is 0.444 e. The van der Waals surface area contributed by atoms with Crippen molar-refractivity contribution in [3.05, 3.63) is 41.8 Å². The zero-order valence-corrected chi connectivity index (χ0v) is 22.9. The van der Waals surface area contributed by atoms with Crippen molar-refractivity contribution in [1.29, 1.82) is 0 Å². The second-order valence-electron chi connectivity index (χ2n) is 10.4. The van der Waals surface area contributed by atoms with Crippen LogP contribution in [0.2, 0.25) is 0 Å². The number of nitrogens with zero attached hydrogens (tertiary/aromatic N) is 3. The van der Waals surface area contributed by atoms with Crippen LogP contribution in [-0.4, -0.2) is 58.1 Å². The smallest absolute Gasteiger partial charge is 0.410 e. The normalized spacial score (nSPS) is 17.2. The molecular formula is C28H37FN6O3. The molecule has 204 valence electrons. The van der Waals surface area contributed by atoms with E-state index >= 15 is 0 Å². The standard InChI is InChI=1S/C28H37FN6O3/c1-7-13-30-24-20(17-31-26(34-24)33-22-10-8-9-21(29)16-22)12-11-19-14-23(15-19)32-25(36)18(2)35(6)27(37)38-28(3,4)5/h8-10,16-19,23H,7,13-15H2,1-6H3,(H,32,36)(H2,30,31,33,34)/t18-,19?,23?/m0/s1. The summed E-state index contributed by atoms with van der Waals surface area (Å²) in [5.41, 5.74) is 0.596. The quantitative estimate of drug-likeness (QED) is 0.430. The average molecular weight is 525 g/mol. The highest BCUT2D eigenvalue weighted by molar-refractivity contribution is 5.85. The molecule has 9 nitrogen and oxygen atoms in total. The van der Waals surface area contributed by atoms with Crippen LogP contribution in [0, 0.1) is 23.6 Å². The van der Waals surface area contributed by atoms with Gasteiger partial charge >= 0.3 is 6.09 Å². The number of halogens is 1. The second kappa shape index (κ2) is 12.6. The van der Waals surface area contributed by atoms with E-state index in [1.807, 2.05) is 0 Å². The highest BCUT2D eigenvalue weighted by Gasteiger charge is 2.32. The van der Waals surface area contributed by atoms with Crippen molar-refractivity contribution >= 4 is 29.5 Å². The highest BCUT2D eigenvalue weighted by Crippen LogP contribution is 2.27. The Kier molecular flexibility index (Phi) is 9.50. The number of aromatic nitrogens is 2. The number of anilines is 3. The summed E-state index contributed by atoms with van der Waals surface area (Å²) in [6.45, 7) is 9.80. The van der Waals surface area contributed by atoms with Crippen LogP contribution in [0.4, 0.5) is 26.6 Å². The highest BCUT2D eigenvalue weighted by atomic mass is 19.1. The lowest BCUT2D eigenvalue weighted by atomic mass is 9.80. The first-order chi connectivity index (χ1) is 17.9. The molecule has 0 bridgehead atoms. The Balaban J connectivity index is 1.56. The summed E-state index contributed by atoms with van der Waals surface area (Å²) in [5.74, 6) is 6.93. The minimum Gasteiger partial charge on any atom is -0.444 e. The van der Waals surface area contributed by atoms with Crippen molar-refractivity contribution < 1.29 is 18.7 Å². The van der Waals surface area contributed by atoms with Crippen LogP contribution in [0.3, 0.4) is 0 Å². The van der Waals surface area contributed by atoms with Crippen LogP contribution < -0.4 is 16.0 Å². The van der Waals surface area contributed by atoms with E-state index in [1.165, 1.54) is 17.0 Å². The van der Waals surface area contributed by atoms with E-state index in [4.69, 9.17) is 4.74 Å². The van der Waals surface area contributed by atoms with Gasteiger partial charge < -0.3 is 20.7 Å². The van der Waals surface area contributed by atoms with Crippen molar-refractivity contribution in [2.75, 3.05) is 24.2 Å². The summed E-state index contributed by atoms with van der Waals surface area (Å²) in [7, 11) is 1.55. The summed E-state index contributed by atoms with van der Waals surface area (Å²) in [6.07, 6.45) is 3.46. The van der Waals surface area contributed by atoms with Gasteiger partial charge in [-0.1, -0.05) is 24.8 Å². The van der Waals surface area contributed by atoms with Gasteiger partial charge in [0.1, 0.15) is 23.3 Å². The molecule has 0 aliphatic heterocycles. The number of carbonyl (C=O) groups is 2. The summed E-state index contributed by atoms with van der Waals surface area (Å²) in [5, 5.41) is 9.27. The maximum Gasteiger partial charge on any atom is 0.410 e. The molecule has 2 amide bonds. The van der Waals surface area contributed by atoms with Gasteiger partial charge in [-0.3, -0.25) is 9.69 Å². The number of hydrogen-bond acceptors (Lipinski definition) is 7. The van der Waals surface area contributed by atoms with Crippen LogP contribution in [-0.2, 0) is 9.53 Å². The van der Waals surface area contributed by atoms with Gasteiger partial charge in [0.25, 0.3) is 0 Å². The van der Waals surface area contributed by atoms with Crippen molar-refractivity contribution in [3.8, 4) is 11.8 Å². The maximum atomic E-state index is 13.5. The number of benzene rings is 1. The Labute approximate surface area is 224 Å². The molecule has 1 heterocycles. The van der Waals surface area contributed by atoms with E-state index in [9.17, 15) is 14.0 Å². The zero-order chi connectivity index (χ0) is 27.9. The van der Waals surface area contributed by atoms with Crippen LogP contribution in [0.25, 0.3) is 0 Å². The van der Waals surface area contributed by atoms with Gasteiger partial charge in [-0.25, -0.2) is 14.2 Å². The summed E-state index contributed by atoms with van der Waals surface area (Å²) >= 11 is 0. The molecule has 1 aliphatic rings. The molecule has 10 heteroatoms.